The summed E-state index contributed by atoms with van der Waals surface area (Å²) >= 11 is 0. The number of alkyl halides is 3. The Balaban J connectivity index is 2.11. The average molecular weight is 272 g/mol. The molecule has 19 heavy (non-hydrogen) atoms. The maximum Gasteiger partial charge on any atom is 0.417 e. The van der Waals surface area contributed by atoms with Crippen LogP contribution in [-0.4, -0.2) is 23.5 Å². The normalized spacial score (nSPS) is 19.5. The number of ether oxygens (including phenoxy) is 1. The minimum atomic E-state index is -4.37. The molecule has 0 radical (unpaired) electrons. The zero-order valence-corrected chi connectivity index (χ0v) is 10.7. The monoisotopic (exact) mass is 272 g/mol. The fourth-order valence-corrected chi connectivity index (χ4v) is 1.91. The van der Waals surface area contributed by atoms with Crippen molar-refractivity contribution in [2.75, 3.05) is 6.61 Å². The van der Waals surface area contributed by atoms with E-state index in [4.69, 9.17) is 4.74 Å². The van der Waals surface area contributed by atoms with Crippen molar-refractivity contribution in [1.82, 2.24) is 4.98 Å². The molecular weight excluding hydrogens is 257 g/mol. The predicted octanol–water partition coefficient (Wildman–Crippen LogP) is 3.29. The Kier molecular flexibility index (Phi) is 3.78. The van der Waals surface area contributed by atoms with E-state index in [0.717, 1.165) is 18.7 Å². The van der Waals surface area contributed by atoms with Crippen LogP contribution in [0, 0.1) is 5.92 Å². The van der Waals surface area contributed by atoms with Gasteiger partial charge in [-0.25, -0.2) is 4.99 Å². The molecule has 0 saturated carbocycles. The van der Waals surface area contributed by atoms with Gasteiger partial charge in [-0.05, 0) is 24.5 Å². The molecule has 0 bridgehead atoms. The molecule has 1 aromatic heterocycles. The standard InChI is InChI=1S/C13H15F3N2O/c1-8(2)5-10-7-19-12(18-10)11-4-3-9(6-17-11)13(14,15)16/h3-4,6,8,10H,5,7H2,1-2H3. The molecule has 1 aliphatic heterocycles. The molecule has 0 saturated heterocycles. The van der Waals surface area contributed by atoms with Crippen LogP contribution in [0.25, 0.3) is 0 Å². The third-order valence-corrected chi connectivity index (χ3v) is 2.77. The van der Waals surface area contributed by atoms with Crippen LogP contribution in [0.5, 0.6) is 0 Å². The van der Waals surface area contributed by atoms with Gasteiger partial charge in [0.25, 0.3) is 0 Å². The number of hydrogen-bond donors (Lipinski definition) is 0. The van der Waals surface area contributed by atoms with Crippen LogP contribution in [0.2, 0.25) is 0 Å². The summed E-state index contributed by atoms with van der Waals surface area (Å²) in [6.45, 7) is 4.64. The Morgan fingerprint density at radius 3 is 2.63 bits per heavy atom. The lowest BCUT2D eigenvalue weighted by molar-refractivity contribution is -0.137. The second-order valence-electron chi connectivity index (χ2n) is 4.96. The molecular formula is C13H15F3N2O. The van der Waals surface area contributed by atoms with Gasteiger partial charge < -0.3 is 4.74 Å². The van der Waals surface area contributed by atoms with Crippen molar-refractivity contribution >= 4 is 5.90 Å². The van der Waals surface area contributed by atoms with Crippen LogP contribution in [0.1, 0.15) is 31.5 Å². The van der Waals surface area contributed by atoms with Crippen LogP contribution in [-0.2, 0) is 10.9 Å². The van der Waals surface area contributed by atoms with Gasteiger partial charge in [-0.15, -0.1) is 0 Å². The molecule has 1 unspecified atom stereocenters. The molecule has 6 heteroatoms. The summed E-state index contributed by atoms with van der Waals surface area (Å²) in [5.41, 5.74) is -0.423. The quantitative estimate of drug-likeness (QED) is 0.846. The highest BCUT2D eigenvalue weighted by Crippen LogP contribution is 2.28. The second-order valence-corrected chi connectivity index (χ2v) is 4.96. The second kappa shape index (κ2) is 5.19. The summed E-state index contributed by atoms with van der Waals surface area (Å²) in [5, 5.41) is 0. The van der Waals surface area contributed by atoms with Gasteiger partial charge in [-0.1, -0.05) is 13.8 Å². The van der Waals surface area contributed by atoms with E-state index in [-0.39, 0.29) is 6.04 Å². The SMILES string of the molecule is CC(C)CC1COC(c2ccc(C(F)(F)F)cn2)=N1. The molecule has 3 nitrogen and oxygen atoms in total. The molecule has 0 fully saturated rings. The number of pyridine rings is 1. The van der Waals surface area contributed by atoms with Crippen LogP contribution in [0.3, 0.4) is 0 Å². The van der Waals surface area contributed by atoms with Crippen molar-refractivity contribution < 1.29 is 17.9 Å². The minimum absolute atomic E-state index is 0.0686. The highest BCUT2D eigenvalue weighted by atomic mass is 19.4. The van der Waals surface area contributed by atoms with Gasteiger partial charge in [0, 0.05) is 6.20 Å². The predicted molar refractivity (Wildman–Crippen MR) is 65.0 cm³/mol. The van der Waals surface area contributed by atoms with Crippen molar-refractivity contribution in [2.45, 2.75) is 32.5 Å². The summed E-state index contributed by atoms with van der Waals surface area (Å²) in [6.07, 6.45) is -2.68. The van der Waals surface area contributed by atoms with E-state index in [1.54, 1.807) is 0 Å². The number of halogens is 3. The summed E-state index contributed by atoms with van der Waals surface area (Å²) in [5.74, 6) is 0.830. The van der Waals surface area contributed by atoms with Crippen molar-refractivity contribution in [3.63, 3.8) is 0 Å². The van der Waals surface area contributed by atoms with Gasteiger partial charge in [0.15, 0.2) is 0 Å². The average Bonchev–Trinajstić information content (AvgIpc) is 2.75. The zero-order valence-electron chi connectivity index (χ0n) is 10.7. The van der Waals surface area contributed by atoms with E-state index in [1.807, 2.05) is 0 Å². The van der Waals surface area contributed by atoms with Crippen LogP contribution < -0.4 is 0 Å². The van der Waals surface area contributed by atoms with E-state index in [2.05, 4.69) is 23.8 Å². The molecule has 2 rings (SSSR count). The number of hydrogen-bond acceptors (Lipinski definition) is 3. The summed E-state index contributed by atoms with van der Waals surface area (Å²) in [7, 11) is 0. The molecule has 0 aliphatic carbocycles. The smallest absolute Gasteiger partial charge is 0.417 e. The lowest BCUT2D eigenvalue weighted by Crippen LogP contribution is -2.09. The third kappa shape index (κ3) is 3.45. The molecule has 1 atom stereocenters. The first kappa shape index (κ1) is 13.8. The Morgan fingerprint density at radius 1 is 1.37 bits per heavy atom. The Labute approximate surface area is 109 Å². The molecule has 0 N–H and O–H groups in total. The van der Waals surface area contributed by atoms with E-state index < -0.39 is 11.7 Å². The van der Waals surface area contributed by atoms with Gasteiger partial charge in [0.1, 0.15) is 12.3 Å². The molecule has 1 aromatic rings. The van der Waals surface area contributed by atoms with Gasteiger partial charge >= 0.3 is 6.18 Å². The number of aliphatic imine (C=N–C) groups is 1. The third-order valence-electron chi connectivity index (χ3n) is 2.77. The summed E-state index contributed by atoms with van der Waals surface area (Å²) in [6, 6.07) is 2.35. The summed E-state index contributed by atoms with van der Waals surface area (Å²) in [4.78, 5) is 8.11. The van der Waals surface area contributed by atoms with Crippen LogP contribution in [0.4, 0.5) is 13.2 Å². The van der Waals surface area contributed by atoms with Gasteiger partial charge in [0.05, 0.1) is 11.6 Å². The fourth-order valence-electron chi connectivity index (χ4n) is 1.91. The molecule has 0 aromatic carbocycles. The fraction of sp³-hybridized carbons (Fsp3) is 0.538. The Morgan fingerprint density at radius 2 is 2.11 bits per heavy atom. The first-order valence-corrected chi connectivity index (χ1v) is 6.10. The highest BCUT2D eigenvalue weighted by Gasteiger charge is 2.31. The summed E-state index contributed by atoms with van der Waals surface area (Å²) < 4.78 is 42.6. The molecule has 0 amide bonds. The molecule has 1 aliphatic rings. The van der Waals surface area contributed by atoms with Crippen molar-refractivity contribution in [3.05, 3.63) is 29.6 Å². The van der Waals surface area contributed by atoms with Crippen LogP contribution >= 0.6 is 0 Å². The zero-order chi connectivity index (χ0) is 14.0. The Hall–Kier alpha value is -1.59. The Bertz CT molecular complexity index is 466. The lowest BCUT2D eigenvalue weighted by Gasteiger charge is -2.06. The molecule has 2 heterocycles. The topological polar surface area (TPSA) is 34.5 Å². The maximum atomic E-state index is 12.4. The van der Waals surface area contributed by atoms with Crippen molar-refractivity contribution in [3.8, 4) is 0 Å². The van der Waals surface area contributed by atoms with Gasteiger partial charge in [-0.3, -0.25) is 4.98 Å². The first-order valence-electron chi connectivity index (χ1n) is 6.10. The van der Waals surface area contributed by atoms with Crippen LogP contribution in [0.15, 0.2) is 23.3 Å². The molecule has 104 valence electrons. The number of nitrogens with zero attached hydrogens (tertiary/aromatic N) is 2. The largest absolute Gasteiger partial charge is 0.474 e. The van der Waals surface area contributed by atoms with Crippen molar-refractivity contribution in [2.24, 2.45) is 10.9 Å². The maximum absolute atomic E-state index is 12.4. The first-order chi connectivity index (χ1) is 8.86. The van der Waals surface area contributed by atoms with E-state index in [1.165, 1.54) is 6.07 Å². The number of rotatable bonds is 3. The molecule has 0 spiro atoms. The van der Waals surface area contributed by atoms with E-state index in [0.29, 0.717) is 24.1 Å². The number of aromatic nitrogens is 1. The van der Waals surface area contributed by atoms with Gasteiger partial charge in [0.2, 0.25) is 5.90 Å². The van der Waals surface area contributed by atoms with E-state index in [9.17, 15) is 13.2 Å². The van der Waals surface area contributed by atoms with Gasteiger partial charge in [-0.2, -0.15) is 13.2 Å². The van der Waals surface area contributed by atoms with Crippen molar-refractivity contribution in [1.29, 1.82) is 0 Å². The lowest BCUT2D eigenvalue weighted by atomic mass is 10.1. The van der Waals surface area contributed by atoms with E-state index >= 15 is 0 Å². The minimum Gasteiger partial charge on any atom is -0.474 e. The highest BCUT2D eigenvalue weighted by molar-refractivity contribution is 5.93.